The highest BCUT2D eigenvalue weighted by Gasteiger charge is 2.52. The second kappa shape index (κ2) is 5.43. The van der Waals surface area contributed by atoms with Crippen LogP contribution < -0.4 is 4.74 Å². The zero-order valence-electron chi connectivity index (χ0n) is 14.2. The van der Waals surface area contributed by atoms with Crippen LogP contribution in [0.1, 0.15) is 52.0 Å². The molecule has 3 rings (SSSR count). The van der Waals surface area contributed by atoms with Gasteiger partial charge in [-0.2, -0.15) is 0 Å². The molecule has 1 saturated heterocycles. The molecule has 1 heterocycles. The van der Waals surface area contributed by atoms with Gasteiger partial charge in [0, 0.05) is 0 Å². The molecule has 22 heavy (non-hydrogen) atoms. The monoisotopic (exact) mass is 300 g/mol. The minimum atomic E-state index is -0.277. The first-order valence-electron chi connectivity index (χ1n) is 8.01. The molecule has 0 bridgehead atoms. The van der Waals surface area contributed by atoms with Crippen LogP contribution >= 0.6 is 0 Å². The van der Waals surface area contributed by atoms with Crippen LogP contribution in [0.4, 0.5) is 0 Å². The summed E-state index contributed by atoms with van der Waals surface area (Å²) >= 11 is 0. The van der Waals surface area contributed by atoms with Gasteiger partial charge in [-0.3, -0.25) is 0 Å². The van der Waals surface area contributed by atoms with Crippen LogP contribution in [-0.4, -0.2) is 25.4 Å². The predicted octanol–water partition coefficient (Wildman–Crippen LogP) is 4.13. The van der Waals surface area contributed by atoms with Crippen LogP contribution in [0.3, 0.4) is 0 Å². The van der Waals surface area contributed by atoms with E-state index in [4.69, 9.17) is 14.0 Å². The summed E-state index contributed by atoms with van der Waals surface area (Å²) in [4.78, 5) is 0. The number of para-hydroxylation sites is 1. The fourth-order valence-corrected chi connectivity index (χ4v) is 3.17. The highest BCUT2D eigenvalue weighted by atomic mass is 16.7. The highest BCUT2D eigenvalue weighted by molar-refractivity contribution is 6.54. The summed E-state index contributed by atoms with van der Waals surface area (Å²) in [5.41, 5.74) is 1.98. The van der Waals surface area contributed by atoms with Gasteiger partial charge in [0.1, 0.15) is 5.75 Å². The van der Waals surface area contributed by atoms with Crippen molar-refractivity contribution in [1.82, 2.24) is 0 Å². The average molecular weight is 300 g/mol. The van der Waals surface area contributed by atoms with E-state index in [1.54, 1.807) is 7.11 Å². The maximum absolute atomic E-state index is 6.17. The van der Waals surface area contributed by atoms with E-state index < -0.39 is 0 Å². The molecule has 3 nitrogen and oxygen atoms in total. The molecule has 1 aliphatic heterocycles. The Kier molecular flexibility index (Phi) is 3.86. The lowest BCUT2D eigenvalue weighted by atomic mass is 9.76. The van der Waals surface area contributed by atoms with Gasteiger partial charge in [0.2, 0.25) is 0 Å². The van der Waals surface area contributed by atoms with Gasteiger partial charge in [0.15, 0.2) is 0 Å². The first-order chi connectivity index (χ1) is 10.3. The van der Waals surface area contributed by atoms with Gasteiger partial charge >= 0.3 is 7.12 Å². The minimum absolute atomic E-state index is 0.218. The highest BCUT2D eigenvalue weighted by Crippen LogP contribution is 2.44. The van der Waals surface area contributed by atoms with Gasteiger partial charge in [-0.25, -0.2) is 0 Å². The number of hydrogen-bond acceptors (Lipinski definition) is 3. The van der Waals surface area contributed by atoms with Crippen molar-refractivity contribution in [2.75, 3.05) is 7.11 Å². The number of rotatable bonds is 3. The largest absolute Gasteiger partial charge is 0.496 e. The quantitative estimate of drug-likeness (QED) is 0.786. The molecular formula is C18H25BO3. The molecule has 1 atom stereocenters. The molecule has 1 fully saturated rings. The minimum Gasteiger partial charge on any atom is -0.496 e. The third-order valence-corrected chi connectivity index (χ3v) is 5.28. The summed E-state index contributed by atoms with van der Waals surface area (Å²) in [5, 5.41) is 0. The predicted molar refractivity (Wildman–Crippen MR) is 89.1 cm³/mol. The molecule has 1 aromatic carbocycles. The zero-order chi connectivity index (χ0) is 16.0. The summed E-state index contributed by atoms with van der Waals surface area (Å²) in [6.45, 7) is 8.39. The maximum Gasteiger partial charge on any atom is 0.490 e. The second-order valence-electron chi connectivity index (χ2n) is 7.25. The molecule has 1 aliphatic carbocycles. The summed E-state index contributed by atoms with van der Waals surface area (Å²) in [7, 11) is 1.51. The van der Waals surface area contributed by atoms with E-state index in [1.165, 1.54) is 11.0 Å². The number of hydrogen-bond donors (Lipinski definition) is 0. The first kappa shape index (κ1) is 15.6. The van der Waals surface area contributed by atoms with Crippen LogP contribution in [0.2, 0.25) is 0 Å². The van der Waals surface area contributed by atoms with E-state index in [1.807, 2.05) is 12.1 Å². The Balaban J connectivity index is 1.73. The van der Waals surface area contributed by atoms with E-state index in [0.29, 0.717) is 5.92 Å². The fraction of sp³-hybridized carbons (Fsp3) is 0.556. The Morgan fingerprint density at radius 3 is 2.36 bits per heavy atom. The Labute approximate surface area is 133 Å². The lowest BCUT2D eigenvalue weighted by Gasteiger charge is -2.32. The Bertz CT molecular complexity index is 576. The SMILES string of the molecule is COc1ccccc1C1CC=C(B2OC(C)(C)C(C)(C)O2)C1. The average Bonchev–Trinajstić information content (AvgIpc) is 3.02. The van der Waals surface area contributed by atoms with Gasteiger partial charge in [0.25, 0.3) is 0 Å². The number of benzene rings is 1. The summed E-state index contributed by atoms with van der Waals surface area (Å²) < 4.78 is 17.8. The number of methoxy groups -OCH3 is 1. The molecule has 0 amide bonds. The topological polar surface area (TPSA) is 27.7 Å². The number of allylic oxidation sites excluding steroid dienone is 2. The van der Waals surface area contributed by atoms with E-state index in [-0.39, 0.29) is 18.3 Å². The van der Waals surface area contributed by atoms with Gasteiger partial charge in [-0.15, -0.1) is 0 Å². The molecule has 0 radical (unpaired) electrons. The van der Waals surface area contributed by atoms with Crippen LogP contribution in [0.5, 0.6) is 5.75 Å². The van der Waals surface area contributed by atoms with E-state index in [9.17, 15) is 0 Å². The van der Waals surface area contributed by atoms with Crippen molar-refractivity contribution in [2.24, 2.45) is 0 Å². The van der Waals surface area contributed by atoms with Crippen molar-refractivity contribution in [1.29, 1.82) is 0 Å². The fourth-order valence-electron chi connectivity index (χ4n) is 3.17. The van der Waals surface area contributed by atoms with Gasteiger partial charge < -0.3 is 14.0 Å². The van der Waals surface area contributed by atoms with Crippen LogP contribution in [-0.2, 0) is 9.31 Å². The van der Waals surface area contributed by atoms with Crippen molar-refractivity contribution < 1.29 is 14.0 Å². The molecular weight excluding hydrogens is 275 g/mol. The zero-order valence-corrected chi connectivity index (χ0v) is 14.2. The second-order valence-corrected chi connectivity index (χ2v) is 7.25. The Morgan fingerprint density at radius 2 is 1.73 bits per heavy atom. The molecule has 1 unspecified atom stereocenters. The van der Waals surface area contributed by atoms with Crippen LogP contribution in [0.25, 0.3) is 0 Å². The van der Waals surface area contributed by atoms with Crippen molar-refractivity contribution in [3.63, 3.8) is 0 Å². The smallest absolute Gasteiger partial charge is 0.490 e. The van der Waals surface area contributed by atoms with Crippen molar-refractivity contribution in [3.8, 4) is 5.75 Å². The van der Waals surface area contributed by atoms with Crippen molar-refractivity contribution in [2.45, 2.75) is 57.7 Å². The van der Waals surface area contributed by atoms with Crippen LogP contribution in [0, 0.1) is 0 Å². The molecule has 2 aliphatic rings. The maximum atomic E-state index is 6.17. The number of ether oxygens (including phenoxy) is 1. The Morgan fingerprint density at radius 1 is 1.09 bits per heavy atom. The molecule has 0 N–H and O–H groups in total. The Hall–Kier alpha value is -1.26. The van der Waals surface area contributed by atoms with Gasteiger partial charge in [-0.05, 0) is 63.6 Å². The molecule has 118 valence electrons. The lowest BCUT2D eigenvalue weighted by molar-refractivity contribution is 0.00578. The summed E-state index contributed by atoms with van der Waals surface area (Å²) in [6.07, 6.45) is 4.26. The molecule has 0 saturated carbocycles. The van der Waals surface area contributed by atoms with Crippen molar-refractivity contribution in [3.05, 3.63) is 41.4 Å². The molecule has 1 aromatic rings. The van der Waals surface area contributed by atoms with Crippen LogP contribution in [0.15, 0.2) is 35.8 Å². The van der Waals surface area contributed by atoms with Gasteiger partial charge in [0.05, 0.1) is 18.3 Å². The summed E-state index contributed by atoms with van der Waals surface area (Å²) in [6, 6.07) is 8.27. The normalized spacial score (nSPS) is 26.1. The lowest BCUT2D eigenvalue weighted by Crippen LogP contribution is -2.41. The van der Waals surface area contributed by atoms with E-state index in [0.717, 1.165) is 18.6 Å². The van der Waals surface area contributed by atoms with Crippen molar-refractivity contribution >= 4 is 7.12 Å². The third kappa shape index (κ3) is 2.59. The first-order valence-corrected chi connectivity index (χ1v) is 8.01. The standard InChI is InChI=1S/C18H25BO3/c1-17(2)18(3,4)22-19(21-17)14-11-10-13(12-14)15-8-6-7-9-16(15)20-5/h6-9,11,13H,10,12H2,1-5H3. The summed E-state index contributed by atoms with van der Waals surface area (Å²) in [5.74, 6) is 1.42. The molecule has 0 spiro atoms. The van der Waals surface area contributed by atoms with E-state index in [2.05, 4.69) is 45.9 Å². The molecule has 4 heteroatoms. The van der Waals surface area contributed by atoms with E-state index >= 15 is 0 Å². The molecule has 0 aromatic heterocycles. The third-order valence-electron chi connectivity index (χ3n) is 5.28. The van der Waals surface area contributed by atoms with Gasteiger partial charge in [-0.1, -0.05) is 24.3 Å².